The van der Waals surface area contributed by atoms with Gasteiger partial charge in [0.2, 0.25) is 0 Å². The van der Waals surface area contributed by atoms with Gasteiger partial charge in [-0.2, -0.15) is 0 Å². The van der Waals surface area contributed by atoms with Gasteiger partial charge in [0.25, 0.3) is 0 Å². The summed E-state index contributed by atoms with van der Waals surface area (Å²) in [5, 5.41) is 0.984. The van der Waals surface area contributed by atoms with Gasteiger partial charge in [0.1, 0.15) is 5.75 Å². The number of guanidine groups is 1. The molecule has 0 bridgehead atoms. The second-order valence-electron chi connectivity index (χ2n) is 3.08. The number of benzene rings is 1. The third-order valence-corrected chi connectivity index (χ3v) is 2.50. The predicted octanol–water partition coefficient (Wildman–Crippen LogP) is 2.04. The lowest BCUT2D eigenvalue weighted by molar-refractivity contribution is 0.313. The summed E-state index contributed by atoms with van der Waals surface area (Å²) in [4.78, 5) is 3.83. The van der Waals surface area contributed by atoms with Crippen molar-refractivity contribution < 1.29 is 4.74 Å². The summed E-state index contributed by atoms with van der Waals surface area (Å²) in [5.41, 5.74) is 10.4. The molecular weight excluding hydrogens is 249 g/mol. The summed E-state index contributed by atoms with van der Waals surface area (Å²) in [6.45, 7) is 1.07. The summed E-state index contributed by atoms with van der Waals surface area (Å²) >= 11 is 11.6. The molecule has 0 heterocycles. The van der Waals surface area contributed by atoms with Gasteiger partial charge < -0.3 is 16.2 Å². The first-order valence-electron chi connectivity index (χ1n) is 4.73. The zero-order valence-corrected chi connectivity index (χ0v) is 10.1. The number of hydrogen-bond donors (Lipinski definition) is 2. The molecule has 0 aliphatic rings. The summed E-state index contributed by atoms with van der Waals surface area (Å²) < 4.78 is 5.43. The molecule has 0 aromatic heterocycles. The summed E-state index contributed by atoms with van der Waals surface area (Å²) in [5.74, 6) is 0.772. The van der Waals surface area contributed by atoms with Crippen molar-refractivity contribution in [1.82, 2.24) is 0 Å². The molecule has 6 heteroatoms. The van der Waals surface area contributed by atoms with Gasteiger partial charge in [0.15, 0.2) is 5.96 Å². The monoisotopic (exact) mass is 261 g/mol. The second kappa shape index (κ2) is 6.45. The molecule has 0 aliphatic carbocycles. The molecule has 0 unspecified atom stereocenters. The Balaban J connectivity index is 2.32. The SMILES string of the molecule is NC(N)=NCCCOc1ccc(Cl)c(Cl)c1. The minimum atomic E-state index is 0.0922. The summed E-state index contributed by atoms with van der Waals surface area (Å²) in [6.07, 6.45) is 0.734. The van der Waals surface area contributed by atoms with Crippen LogP contribution in [0.5, 0.6) is 5.75 Å². The number of halogens is 2. The van der Waals surface area contributed by atoms with E-state index in [9.17, 15) is 0 Å². The van der Waals surface area contributed by atoms with Crippen LogP contribution in [-0.2, 0) is 0 Å². The Morgan fingerprint density at radius 1 is 1.25 bits per heavy atom. The van der Waals surface area contributed by atoms with Crippen molar-refractivity contribution >= 4 is 29.2 Å². The fourth-order valence-corrected chi connectivity index (χ4v) is 1.32. The highest BCUT2D eigenvalue weighted by Crippen LogP contribution is 2.26. The highest BCUT2D eigenvalue weighted by Gasteiger charge is 1.99. The molecule has 4 nitrogen and oxygen atoms in total. The minimum absolute atomic E-state index is 0.0922. The standard InChI is InChI=1S/C10H13Cl2N3O/c11-8-3-2-7(6-9(8)12)16-5-1-4-15-10(13)14/h2-3,6H,1,4-5H2,(H4,13,14,15). The molecule has 1 aromatic rings. The molecule has 0 atom stereocenters. The van der Waals surface area contributed by atoms with Crippen molar-refractivity contribution in [2.75, 3.05) is 13.2 Å². The number of hydrogen-bond acceptors (Lipinski definition) is 2. The van der Waals surface area contributed by atoms with Crippen LogP contribution in [0.15, 0.2) is 23.2 Å². The predicted molar refractivity (Wildman–Crippen MR) is 67.3 cm³/mol. The minimum Gasteiger partial charge on any atom is -0.493 e. The lowest BCUT2D eigenvalue weighted by Gasteiger charge is -2.05. The molecule has 88 valence electrons. The third-order valence-electron chi connectivity index (χ3n) is 1.76. The molecule has 0 amide bonds. The van der Waals surface area contributed by atoms with E-state index in [4.69, 9.17) is 39.4 Å². The average Bonchev–Trinajstić information content (AvgIpc) is 2.22. The van der Waals surface area contributed by atoms with Crippen LogP contribution in [0.25, 0.3) is 0 Å². The molecule has 0 radical (unpaired) electrons. The Hall–Kier alpha value is -1.13. The Morgan fingerprint density at radius 3 is 2.62 bits per heavy atom. The molecule has 0 aliphatic heterocycles. The number of aliphatic imine (C=N–C) groups is 1. The van der Waals surface area contributed by atoms with Gasteiger partial charge in [-0.05, 0) is 12.1 Å². The van der Waals surface area contributed by atoms with E-state index in [1.165, 1.54) is 0 Å². The zero-order valence-electron chi connectivity index (χ0n) is 8.62. The van der Waals surface area contributed by atoms with Crippen LogP contribution in [0, 0.1) is 0 Å². The number of rotatable bonds is 5. The van der Waals surface area contributed by atoms with Crippen LogP contribution in [0.2, 0.25) is 10.0 Å². The van der Waals surface area contributed by atoms with E-state index >= 15 is 0 Å². The Kier molecular flexibility index (Phi) is 5.22. The van der Waals surface area contributed by atoms with Gasteiger partial charge in [-0.1, -0.05) is 23.2 Å². The van der Waals surface area contributed by atoms with Crippen LogP contribution in [-0.4, -0.2) is 19.1 Å². The largest absolute Gasteiger partial charge is 0.493 e. The highest BCUT2D eigenvalue weighted by molar-refractivity contribution is 6.42. The van der Waals surface area contributed by atoms with E-state index in [1.54, 1.807) is 18.2 Å². The fraction of sp³-hybridized carbons (Fsp3) is 0.300. The molecule has 1 rings (SSSR count). The van der Waals surface area contributed by atoms with Crippen LogP contribution < -0.4 is 16.2 Å². The van der Waals surface area contributed by atoms with Crippen LogP contribution in [0.4, 0.5) is 0 Å². The van der Waals surface area contributed by atoms with Gasteiger partial charge in [-0.25, -0.2) is 0 Å². The molecule has 0 fully saturated rings. The van der Waals surface area contributed by atoms with Crippen LogP contribution in [0.1, 0.15) is 6.42 Å². The van der Waals surface area contributed by atoms with Crippen molar-refractivity contribution in [3.8, 4) is 5.75 Å². The first-order valence-corrected chi connectivity index (χ1v) is 5.48. The maximum atomic E-state index is 5.83. The lowest BCUT2D eigenvalue weighted by atomic mass is 10.3. The number of nitrogens with zero attached hydrogens (tertiary/aromatic N) is 1. The van der Waals surface area contributed by atoms with E-state index in [0.717, 1.165) is 6.42 Å². The maximum Gasteiger partial charge on any atom is 0.185 e. The average molecular weight is 262 g/mol. The van der Waals surface area contributed by atoms with Gasteiger partial charge in [0.05, 0.1) is 16.7 Å². The molecular formula is C10H13Cl2N3O. The first kappa shape index (κ1) is 12.9. The van der Waals surface area contributed by atoms with Crippen LogP contribution in [0.3, 0.4) is 0 Å². The molecule has 0 saturated carbocycles. The first-order chi connectivity index (χ1) is 7.59. The van der Waals surface area contributed by atoms with Gasteiger partial charge in [-0.15, -0.1) is 0 Å². The van der Waals surface area contributed by atoms with Crippen molar-refractivity contribution in [1.29, 1.82) is 0 Å². The Labute approximate surface area is 104 Å². The van der Waals surface area contributed by atoms with Crippen molar-refractivity contribution in [3.63, 3.8) is 0 Å². The van der Waals surface area contributed by atoms with E-state index < -0.39 is 0 Å². The summed E-state index contributed by atoms with van der Waals surface area (Å²) in [6, 6.07) is 5.12. The van der Waals surface area contributed by atoms with E-state index in [0.29, 0.717) is 28.9 Å². The highest BCUT2D eigenvalue weighted by atomic mass is 35.5. The molecule has 1 aromatic carbocycles. The molecule has 0 spiro atoms. The molecule has 16 heavy (non-hydrogen) atoms. The van der Waals surface area contributed by atoms with E-state index in [2.05, 4.69) is 4.99 Å². The van der Waals surface area contributed by atoms with E-state index in [1.807, 2.05) is 0 Å². The molecule has 4 N–H and O–H groups in total. The number of nitrogens with two attached hydrogens (primary N) is 2. The quantitative estimate of drug-likeness (QED) is 0.484. The molecule has 0 saturated heterocycles. The lowest BCUT2D eigenvalue weighted by Crippen LogP contribution is -2.23. The number of ether oxygens (including phenoxy) is 1. The maximum absolute atomic E-state index is 5.83. The van der Waals surface area contributed by atoms with Crippen molar-refractivity contribution in [2.45, 2.75) is 6.42 Å². The van der Waals surface area contributed by atoms with Gasteiger partial charge in [-0.3, -0.25) is 4.99 Å². The zero-order chi connectivity index (χ0) is 12.0. The topological polar surface area (TPSA) is 73.6 Å². The van der Waals surface area contributed by atoms with Gasteiger partial charge >= 0.3 is 0 Å². The van der Waals surface area contributed by atoms with E-state index in [-0.39, 0.29) is 5.96 Å². The van der Waals surface area contributed by atoms with Crippen molar-refractivity contribution in [2.24, 2.45) is 16.5 Å². The third kappa shape index (κ3) is 4.59. The van der Waals surface area contributed by atoms with Gasteiger partial charge in [0, 0.05) is 19.0 Å². The fourth-order valence-electron chi connectivity index (χ4n) is 1.03. The normalized spacial score (nSPS) is 9.88. The van der Waals surface area contributed by atoms with Crippen molar-refractivity contribution in [3.05, 3.63) is 28.2 Å². The Bertz CT molecular complexity index is 378. The smallest absolute Gasteiger partial charge is 0.185 e. The summed E-state index contributed by atoms with van der Waals surface area (Å²) in [7, 11) is 0. The Morgan fingerprint density at radius 2 is 2.00 bits per heavy atom. The second-order valence-corrected chi connectivity index (χ2v) is 3.90. The van der Waals surface area contributed by atoms with Crippen LogP contribution >= 0.6 is 23.2 Å².